The van der Waals surface area contributed by atoms with E-state index in [-0.39, 0.29) is 12.4 Å². The number of aliphatic hydroxyl groups is 1. The molecule has 0 radical (unpaired) electrons. The van der Waals surface area contributed by atoms with E-state index in [4.69, 9.17) is 4.74 Å². The van der Waals surface area contributed by atoms with Gasteiger partial charge in [0.1, 0.15) is 18.5 Å². The summed E-state index contributed by atoms with van der Waals surface area (Å²) in [6, 6.07) is 8.43. The Morgan fingerprint density at radius 1 is 1.11 bits per heavy atom. The normalized spacial score (nSPS) is 12.4. The van der Waals surface area contributed by atoms with E-state index in [9.17, 15) is 5.11 Å². The van der Waals surface area contributed by atoms with Crippen molar-refractivity contribution in [1.82, 2.24) is 5.32 Å². The summed E-state index contributed by atoms with van der Waals surface area (Å²) in [5.41, 5.74) is 1.30. The van der Waals surface area contributed by atoms with Crippen LogP contribution in [-0.2, 0) is 0 Å². The SMILES string of the molecule is CC(C)NCC(O)COc1ccc(C(C)C)cc1.[Cl-]. The van der Waals surface area contributed by atoms with Gasteiger partial charge in [0.2, 0.25) is 0 Å². The van der Waals surface area contributed by atoms with Gasteiger partial charge in [0, 0.05) is 12.6 Å². The van der Waals surface area contributed by atoms with E-state index >= 15 is 0 Å². The smallest absolute Gasteiger partial charge is 0.119 e. The lowest BCUT2D eigenvalue weighted by atomic mass is 10.0. The van der Waals surface area contributed by atoms with E-state index < -0.39 is 6.10 Å². The molecule has 1 atom stereocenters. The molecule has 0 saturated carbocycles. The average molecular weight is 287 g/mol. The van der Waals surface area contributed by atoms with Crippen LogP contribution >= 0.6 is 0 Å². The van der Waals surface area contributed by atoms with Crippen LogP contribution in [0.3, 0.4) is 0 Å². The third-order valence-electron chi connectivity index (χ3n) is 2.75. The van der Waals surface area contributed by atoms with Crippen molar-refractivity contribution in [2.45, 2.75) is 45.8 Å². The van der Waals surface area contributed by atoms with Gasteiger partial charge in [0.25, 0.3) is 0 Å². The number of rotatable bonds is 7. The topological polar surface area (TPSA) is 41.5 Å². The maximum atomic E-state index is 9.71. The molecule has 0 aliphatic rings. The first-order valence-corrected chi connectivity index (χ1v) is 6.63. The molecular weight excluding hydrogens is 262 g/mol. The molecule has 0 heterocycles. The van der Waals surface area contributed by atoms with Crippen LogP contribution in [0, 0.1) is 0 Å². The molecule has 0 fully saturated rings. The molecule has 1 aromatic carbocycles. The van der Waals surface area contributed by atoms with Crippen LogP contribution < -0.4 is 22.5 Å². The first-order valence-electron chi connectivity index (χ1n) is 6.63. The van der Waals surface area contributed by atoms with Gasteiger partial charge in [-0.05, 0) is 23.6 Å². The summed E-state index contributed by atoms with van der Waals surface area (Å²) in [5.74, 6) is 1.34. The molecule has 1 aromatic rings. The highest BCUT2D eigenvalue weighted by atomic mass is 35.5. The third kappa shape index (κ3) is 7.41. The van der Waals surface area contributed by atoms with Gasteiger partial charge < -0.3 is 27.6 Å². The number of halogens is 1. The van der Waals surface area contributed by atoms with Crippen molar-refractivity contribution < 1.29 is 22.3 Å². The van der Waals surface area contributed by atoms with Crippen molar-refractivity contribution in [2.75, 3.05) is 13.2 Å². The molecule has 1 rings (SSSR count). The van der Waals surface area contributed by atoms with Crippen LogP contribution in [0.1, 0.15) is 39.2 Å². The van der Waals surface area contributed by atoms with Gasteiger partial charge in [-0.25, -0.2) is 0 Å². The molecule has 0 bridgehead atoms. The lowest BCUT2D eigenvalue weighted by Crippen LogP contribution is -3.00. The van der Waals surface area contributed by atoms with Crippen molar-refractivity contribution in [3.05, 3.63) is 29.8 Å². The number of aliphatic hydroxyl groups excluding tert-OH is 1. The van der Waals surface area contributed by atoms with Crippen LogP contribution in [0.15, 0.2) is 24.3 Å². The van der Waals surface area contributed by atoms with Crippen molar-refractivity contribution in [1.29, 1.82) is 0 Å². The molecule has 3 nitrogen and oxygen atoms in total. The Bertz CT molecular complexity index is 339. The predicted molar refractivity (Wildman–Crippen MR) is 75.2 cm³/mol. The van der Waals surface area contributed by atoms with Gasteiger partial charge in [0.05, 0.1) is 0 Å². The lowest BCUT2D eigenvalue weighted by molar-refractivity contribution is -0.00000584. The molecule has 110 valence electrons. The zero-order valence-electron chi connectivity index (χ0n) is 12.2. The Labute approximate surface area is 122 Å². The minimum Gasteiger partial charge on any atom is -1.00 e. The Hall–Kier alpha value is -0.770. The summed E-state index contributed by atoms with van der Waals surface area (Å²) in [6.07, 6.45) is -0.475. The summed E-state index contributed by atoms with van der Waals surface area (Å²) in [6.45, 7) is 9.31. The number of nitrogens with one attached hydrogen (secondary N) is 1. The average Bonchev–Trinajstić information content (AvgIpc) is 2.34. The summed E-state index contributed by atoms with van der Waals surface area (Å²) in [5, 5.41) is 12.9. The second kappa shape index (κ2) is 9.18. The van der Waals surface area contributed by atoms with Crippen LogP contribution in [0.4, 0.5) is 0 Å². The largest absolute Gasteiger partial charge is 1.00 e. The van der Waals surface area contributed by atoms with Crippen molar-refractivity contribution in [2.24, 2.45) is 0 Å². The van der Waals surface area contributed by atoms with Crippen LogP contribution in [0.5, 0.6) is 5.75 Å². The fourth-order valence-electron chi connectivity index (χ4n) is 1.57. The zero-order valence-corrected chi connectivity index (χ0v) is 12.9. The van der Waals surface area contributed by atoms with E-state index in [1.54, 1.807) is 0 Å². The minimum atomic E-state index is -0.475. The number of ether oxygens (including phenoxy) is 1. The molecule has 0 spiro atoms. The Balaban J connectivity index is 0.00000324. The number of benzene rings is 1. The standard InChI is InChI=1S/C15H25NO2.ClH/c1-11(2)13-5-7-15(8-6-13)18-10-14(17)9-16-12(3)4;/h5-8,11-12,14,16-17H,9-10H2,1-4H3;1H/p-1. The molecule has 0 aliphatic carbocycles. The third-order valence-corrected chi connectivity index (χ3v) is 2.75. The summed E-state index contributed by atoms with van der Waals surface area (Å²) < 4.78 is 5.54. The van der Waals surface area contributed by atoms with Crippen LogP contribution in [0.25, 0.3) is 0 Å². The molecule has 1 unspecified atom stereocenters. The number of hydrogen-bond acceptors (Lipinski definition) is 3. The van der Waals surface area contributed by atoms with Gasteiger partial charge in [-0.2, -0.15) is 0 Å². The second-order valence-corrected chi connectivity index (χ2v) is 5.25. The highest BCUT2D eigenvalue weighted by molar-refractivity contribution is 5.28. The molecular formula is C15H25ClNO2-. The van der Waals surface area contributed by atoms with Crippen LogP contribution in [0.2, 0.25) is 0 Å². The van der Waals surface area contributed by atoms with E-state index in [2.05, 4.69) is 45.1 Å². The van der Waals surface area contributed by atoms with Gasteiger partial charge >= 0.3 is 0 Å². The molecule has 0 saturated heterocycles. The zero-order chi connectivity index (χ0) is 13.5. The van der Waals surface area contributed by atoms with Gasteiger partial charge in [-0.3, -0.25) is 0 Å². The van der Waals surface area contributed by atoms with Crippen LogP contribution in [-0.4, -0.2) is 30.4 Å². The van der Waals surface area contributed by atoms with Gasteiger partial charge in [0.15, 0.2) is 0 Å². The quantitative estimate of drug-likeness (QED) is 0.714. The monoisotopic (exact) mass is 286 g/mol. The lowest BCUT2D eigenvalue weighted by Gasteiger charge is -2.15. The molecule has 0 amide bonds. The highest BCUT2D eigenvalue weighted by Gasteiger charge is 2.06. The summed E-state index contributed by atoms with van der Waals surface area (Å²) in [4.78, 5) is 0. The van der Waals surface area contributed by atoms with E-state index in [0.29, 0.717) is 25.1 Å². The second-order valence-electron chi connectivity index (χ2n) is 5.25. The van der Waals surface area contributed by atoms with Gasteiger partial charge in [-0.1, -0.05) is 39.8 Å². The fraction of sp³-hybridized carbons (Fsp3) is 0.600. The highest BCUT2D eigenvalue weighted by Crippen LogP contribution is 2.18. The van der Waals surface area contributed by atoms with Crippen molar-refractivity contribution in [3.8, 4) is 5.75 Å². The van der Waals surface area contributed by atoms with Crippen molar-refractivity contribution in [3.63, 3.8) is 0 Å². The van der Waals surface area contributed by atoms with Crippen molar-refractivity contribution >= 4 is 0 Å². The van der Waals surface area contributed by atoms with Gasteiger partial charge in [-0.15, -0.1) is 0 Å². The summed E-state index contributed by atoms with van der Waals surface area (Å²) >= 11 is 0. The molecule has 2 N–H and O–H groups in total. The predicted octanol–water partition coefficient (Wildman–Crippen LogP) is -0.448. The van der Waals surface area contributed by atoms with E-state index in [1.807, 2.05) is 12.1 Å². The maximum absolute atomic E-state index is 9.71. The number of hydrogen-bond donors (Lipinski definition) is 2. The Morgan fingerprint density at radius 3 is 2.16 bits per heavy atom. The molecule has 0 aromatic heterocycles. The Morgan fingerprint density at radius 2 is 1.68 bits per heavy atom. The fourth-order valence-corrected chi connectivity index (χ4v) is 1.57. The molecule has 4 heteroatoms. The molecule has 19 heavy (non-hydrogen) atoms. The first kappa shape index (κ1) is 18.2. The van der Waals surface area contributed by atoms with E-state index in [0.717, 1.165) is 5.75 Å². The maximum Gasteiger partial charge on any atom is 0.119 e. The minimum absolute atomic E-state index is 0. The Kier molecular flexibility index (Phi) is 8.81. The summed E-state index contributed by atoms with van der Waals surface area (Å²) in [7, 11) is 0. The molecule has 0 aliphatic heterocycles. The van der Waals surface area contributed by atoms with E-state index in [1.165, 1.54) is 5.56 Å². The first-order chi connectivity index (χ1) is 8.49.